The summed E-state index contributed by atoms with van der Waals surface area (Å²) in [5.41, 5.74) is 0. The topological polar surface area (TPSA) is 97.2 Å². The van der Waals surface area contributed by atoms with E-state index >= 15 is 0 Å². The monoisotopic (exact) mass is 349 g/mol. The van der Waals surface area contributed by atoms with Crippen LogP contribution in [-0.2, 0) is 18.7 Å². The van der Waals surface area contributed by atoms with Gasteiger partial charge in [-0.1, -0.05) is 20.8 Å². The van der Waals surface area contributed by atoms with Crippen molar-refractivity contribution in [2.24, 2.45) is 0 Å². The number of aliphatic hydroxyl groups excluding tert-OH is 2. The van der Waals surface area contributed by atoms with Crippen molar-refractivity contribution in [1.82, 2.24) is 5.32 Å². The van der Waals surface area contributed by atoms with Gasteiger partial charge in [-0.25, -0.2) is 0 Å². The molecule has 0 unspecified atom stereocenters. The minimum Gasteiger partial charge on any atom is -0.414 e. The van der Waals surface area contributed by atoms with E-state index < -0.39 is 39.0 Å². The Balaban J connectivity index is 2.77. The SMILES string of the molecule is CO[C@H]1O[C@H](CO[Si](C)(C)C(C)(C)C)[C@@H](O)[C@H](O)[C@H]1NC(C)=O. The van der Waals surface area contributed by atoms with Crippen molar-refractivity contribution in [2.45, 2.75) is 76.5 Å². The van der Waals surface area contributed by atoms with E-state index in [-0.39, 0.29) is 17.6 Å². The summed E-state index contributed by atoms with van der Waals surface area (Å²) in [5, 5.41) is 23.1. The smallest absolute Gasteiger partial charge is 0.217 e. The van der Waals surface area contributed by atoms with Gasteiger partial charge in [0.15, 0.2) is 14.6 Å². The van der Waals surface area contributed by atoms with E-state index in [9.17, 15) is 15.0 Å². The Hall–Kier alpha value is -0.513. The van der Waals surface area contributed by atoms with E-state index in [1.54, 1.807) is 0 Å². The van der Waals surface area contributed by atoms with Crippen molar-refractivity contribution < 1.29 is 28.9 Å². The highest BCUT2D eigenvalue weighted by Gasteiger charge is 2.46. The fraction of sp³-hybridized carbons (Fsp3) is 0.933. The van der Waals surface area contributed by atoms with Crippen LogP contribution in [-0.4, -0.2) is 68.8 Å². The molecule has 0 aromatic rings. The molecule has 23 heavy (non-hydrogen) atoms. The van der Waals surface area contributed by atoms with Gasteiger partial charge in [-0.15, -0.1) is 0 Å². The van der Waals surface area contributed by atoms with Gasteiger partial charge >= 0.3 is 0 Å². The molecule has 0 aromatic heterocycles. The number of amides is 1. The van der Waals surface area contributed by atoms with E-state index in [2.05, 4.69) is 39.2 Å². The fourth-order valence-electron chi connectivity index (χ4n) is 2.17. The number of ether oxygens (including phenoxy) is 2. The lowest BCUT2D eigenvalue weighted by atomic mass is 9.97. The first-order chi connectivity index (χ1) is 10.4. The Morgan fingerprint density at radius 1 is 1.26 bits per heavy atom. The van der Waals surface area contributed by atoms with E-state index in [0.717, 1.165) is 0 Å². The summed E-state index contributed by atoms with van der Waals surface area (Å²) in [6.07, 6.45) is -3.91. The average Bonchev–Trinajstić information content (AvgIpc) is 2.41. The number of hydrogen-bond acceptors (Lipinski definition) is 6. The number of carbonyl (C=O) groups excluding carboxylic acids is 1. The highest BCUT2D eigenvalue weighted by molar-refractivity contribution is 6.74. The molecular weight excluding hydrogens is 318 g/mol. The molecule has 1 fully saturated rings. The summed E-state index contributed by atoms with van der Waals surface area (Å²) in [7, 11) is -0.573. The fourth-order valence-corrected chi connectivity index (χ4v) is 3.18. The molecule has 0 saturated carbocycles. The minimum absolute atomic E-state index is 0.0324. The quantitative estimate of drug-likeness (QED) is 0.629. The first-order valence-electron chi connectivity index (χ1n) is 7.86. The molecule has 1 saturated heterocycles. The number of nitrogens with one attached hydrogen (secondary N) is 1. The standard InChI is InChI=1S/C15H31NO6Si/c1-9(17)16-11-13(19)12(18)10(22-14(11)20-5)8-21-23(6,7)15(2,3)4/h10-14,18-19H,8H2,1-7H3,(H,16,17)/t10-,11-,12-,13-,14+/m1/s1. The maximum Gasteiger partial charge on any atom is 0.217 e. The summed E-state index contributed by atoms with van der Waals surface area (Å²) >= 11 is 0. The minimum atomic E-state index is -2.00. The van der Waals surface area contributed by atoms with Crippen molar-refractivity contribution in [2.75, 3.05) is 13.7 Å². The maximum atomic E-state index is 11.2. The first-order valence-corrected chi connectivity index (χ1v) is 10.8. The largest absolute Gasteiger partial charge is 0.414 e. The van der Waals surface area contributed by atoms with Crippen LogP contribution in [0, 0.1) is 0 Å². The molecule has 1 aliphatic heterocycles. The molecule has 5 atom stereocenters. The Kier molecular flexibility index (Phi) is 6.77. The third-order valence-electron chi connectivity index (χ3n) is 4.72. The Morgan fingerprint density at radius 3 is 2.26 bits per heavy atom. The molecule has 0 bridgehead atoms. The van der Waals surface area contributed by atoms with Gasteiger partial charge < -0.3 is 29.4 Å². The van der Waals surface area contributed by atoms with E-state index in [0.29, 0.717) is 0 Å². The second-order valence-corrected chi connectivity index (χ2v) is 12.4. The van der Waals surface area contributed by atoms with Crippen molar-refractivity contribution >= 4 is 14.2 Å². The van der Waals surface area contributed by atoms with Gasteiger partial charge in [0.05, 0.1) is 6.61 Å². The van der Waals surface area contributed by atoms with Crippen LogP contribution in [0.5, 0.6) is 0 Å². The predicted molar refractivity (Wildman–Crippen MR) is 88.4 cm³/mol. The molecule has 1 aliphatic rings. The third-order valence-corrected chi connectivity index (χ3v) is 9.22. The molecule has 1 amide bonds. The molecule has 7 nitrogen and oxygen atoms in total. The van der Waals surface area contributed by atoms with Gasteiger partial charge in [0.25, 0.3) is 0 Å². The molecular formula is C15H31NO6Si. The van der Waals surface area contributed by atoms with Crippen LogP contribution in [0.4, 0.5) is 0 Å². The summed E-state index contributed by atoms with van der Waals surface area (Å²) in [6, 6.07) is -0.823. The second kappa shape index (κ2) is 7.58. The number of hydrogen-bond donors (Lipinski definition) is 3. The lowest BCUT2D eigenvalue weighted by molar-refractivity contribution is -0.261. The first kappa shape index (κ1) is 20.5. The molecule has 8 heteroatoms. The lowest BCUT2D eigenvalue weighted by Gasteiger charge is -2.44. The summed E-state index contributed by atoms with van der Waals surface area (Å²) in [4.78, 5) is 11.2. The predicted octanol–water partition coefficient (Wildman–Crippen LogP) is 0.606. The van der Waals surface area contributed by atoms with Gasteiger partial charge in [0.2, 0.25) is 5.91 Å². The number of rotatable bonds is 5. The van der Waals surface area contributed by atoms with Crippen molar-refractivity contribution in [3.05, 3.63) is 0 Å². The summed E-state index contributed by atoms with van der Waals surface area (Å²) < 4.78 is 17.0. The van der Waals surface area contributed by atoms with Gasteiger partial charge in [-0.3, -0.25) is 4.79 Å². The Bertz CT molecular complexity index is 409. The second-order valence-electron chi connectivity index (χ2n) is 7.56. The third kappa shape index (κ3) is 4.98. The van der Waals surface area contributed by atoms with E-state index in [4.69, 9.17) is 13.9 Å². The van der Waals surface area contributed by atoms with Crippen LogP contribution >= 0.6 is 0 Å². The molecule has 136 valence electrons. The molecule has 3 N–H and O–H groups in total. The van der Waals surface area contributed by atoms with Crippen LogP contribution < -0.4 is 5.32 Å². The molecule has 1 rings (SSSR count). The molecule has 0 aromatic carbocycles. The molecule has 1 heterocycles. The molecule has 0 spiro atoms. The zero-order valence-corrected chi connectivity index (χ0v) is 16.1. The van der Waals surface area contributed by atoms with Crippen LogP contribution in [0.2, 0.25) is 18.1 Å². The normalized spacial score (nSPS) is 32.7. The van der Waals surface area contributed by atoms with Crippen LogP contribution in [0.15, 0.2) is 0 Å². The number of methoxy groups -OCH3 is 1. The Labute approximate surface area is 139 Å². The highest BCUT2D eigenvalue weighted by Crippen LogP contribution is 2.37. The van der Waals surface area contributed by atoms with Gasteiger partial charge in [-0.2, -0.15) is 0 Å². The van der Waals surface area contributed by atoms with Crippen LogP contribution in [0.1, 0.15) is 27.7 Å². The van der Waals surface area contributed by atoms with Crippen molar-refractivity contribution in [1.29, 1.82) is 0 Å². The average molecular weight is 350 g/mol. The van der Waals surface area contributed by atoms with Crippen molar-refractivity contribution in [3.63, 3.8) is 0 Å². The number of aliphatic hydroxyl groups is 2. The van der Waals surface area contributed by atoms with Gasteiger partial charge in [0, 0.05) is 14.0 Å². The molecule has 0 aliphatic carbocycles. The lowest BCUT2D eigenvalue weighted by Crippen LogP contribution is -2.64. The zero-order valence-electron chi connectivity index (χ0n) is 15.1. The highest BCUT2D eigenvalue weighted by atomic mass is 28.4. The van der Waals surface area contributed by atoms with Crippen LogP contribution in [0.25, 0.3) is 0 Å². The van der Waals surface area contributed by atoms with Gasteiger partial charge in [0.1, 0.15) is 24.4 Å². The van der Waals surface area contributed by atoms with Crippen molar-refractivity contribution in [3.8, 4) is 0 Å². The Morgan fingerprint density at radius 2 is 1.83 bits per heavy atom. The van der Waals surface area contributed by atoms with Crippen LogP contribution in [0.3, 0.4) is 0 Å². The molecule has 0 radical (unpaired) electrons. The zero-order chi connectivity index (χ0) is 18.0. The summed E-state index contributed by atoms with van der Waals surface area (Å²) in [6.45, 7) is 12.1. The van der Waals surface area contributed by atoms with E-state index in [1.807, 2.05) is 0 Å². The van der Waals surface area contributed by atoms with E-state index in [1.165, 1.54) is 14.0 Å². The maximum absolute atomic E-state index is 11.2. The summed E-state index contributed by atoms with van der Waals surface area (Å²) in [5.74, 6) is -0.331. The van der Waals surface area contributed by atoms with Gasteiger partial charge in [-0.05, 0) is 18.1 Å². The number of carbonyl (C=O) groups is 1.